The summed E-state index contributed by atoms with van der Waals surface area (Å²) in [6.07, 6.45) is 2.64. The van der Waals surface area contributed by atoms with Gasteiger partial charge < -0.3 is 15.5 Å². The molecule has 1 atom stereocenters. The van der Waals surface area contributed by atoms with Crippen LogP contribution in [0.3, 0.4) is 0 Å². The van der Waals surface area contributed by atoms with Crippen LogP contribution in [-0.2, 0) is 11.2 Å². The maximum atomic E-state index is 11.8. The molecule has 1 aromatic heterocycles. The van der Waals surface area contributed by atoms with Gasteiger partial charge in [-0.05, 0) is 36.8 Å². The standard InChI is InChI=1S/C15H18N2O2/c1-11(12-4-2-5-13(16)10-12)17-15(18)8-7-14-6-3-9-19-14/h2-6,9-11H,7-8,16H2,1H3,(H,17,18). The molecule has 0 aliphatic carbocycles. The lowest BCUT2D eigenvalue weighted by atomic mass is 10.1. The fraction of sp³-hybridized carbons (Fsp3) is 0.267. The molecule has 1 aromatic carbocycles. The van der Waals surface area contributed by atoms with E-state index in [2.05, 4.69) is 5.32 Å². The van der Waals surface area contributed by atoms with Crippen LogP contribution in [0.1, 0.15) is 30.7 Å². The smallest absolute Gasteiger partial charge is 0.220 e. The molecule has 0 spiro atoms. The number of furan rings is 1. The zero-order valence-electron chi connectivity index (χ0n) is 10.9. The highest BCUT2D eigenvalue weighted by Gasteiger charge is 2.10. The normalized spacial score (nSPS) is 12.1. The van der Waals surface area contributed by atoms with E-state index in [1.165, 1.54) is 0 Å². The Bertz CT molecular complexity index is 535. The molecule has 1 unspecified atom stereocenters. The van der Waals surface area contributed by atoms with E-state index in [1.54, 1.807) is 6.26 Å². The van der Waals surface area contributed by atoms with Gasteiger partial charge in [0.1, 0.15) is 5.76 Å². The first-order valence-electron chi connectivity index (χ1n) is 6.32. The SMILES string of the molecule is CC(NC(=O)CCc1ccco1)c1cccc(N)c1. The average Bonchev–Trinajstić information content (AvgIpc) is 2.89. The van der Waals surface area contributed by atoms with Gasteiger partial charge in [0.2, 0.25) is 5.91 Å². The van der Waals surface area contributed by atoms with Gasteiger partial charge in [0.25, 0.3) is 0 Å². The van der Waals surface area contributed by atoms with Crippen molar-refractivity contribution in [2.45, 2.75) is 25.8 Å². The first-order valence-corrected chi connectivity index (χ1v) is 6.32. The van der Waals surface area contributed by atoms with Crippen LogP contribution in [0.15, 0.2) is 47.1 Å². The molecule has 0 aliphatic heterocycles. The van der Waals surface area contributed by atoms with E-state index in [0.29, 0.717) is 18.5 Å². The number of aryl methyl sites for hydroxylation is 1. The largest absolute Gasteiger partial charge is 0.469 e. The quantitative estimate of drug-likeness (QED) is 0.810. The highest BCUT2D eigenvalue weighted by Crippen LogP contribution is 2.15. The van der Waals surface area contributed by atoms with Gasteiger partial charge >= 0.3 is 0 Å². The van der Waals surface area contributed by atoms with Crippen LogP contribution < -0.4 is 11.1 Å². The van der Waals surface area contributed by atoms with E-state index in [-0.39, 0.29) is 11.9 Å². The summed E-state index contributed by atoms with van der Waals surface area (Å²) in [7, 11) is 0. The monoisotopic (exact) mass is 258 g/mol. The lowest BCUT2D eigenvalue weighted by Gasteiger charge is -2.14. The first-order chi connectivity index (χ1) is 9.15. The molecule has 100 valence electrons. The topological polar surface area (TPSA) is 68.3 Å². The van der Waals surface area contributed by atoms with Gasteiger partial charge in [-0.25, -0.2) is 0 Å². The average molecular weight is 258 g/mol. The number of nitrogens with two attached hydrogens (primary N) is 1. The minimum atomic E-state index is -0.0485. The van der Waals surface area contributed by atoms with Crippen molar-refractivity contribution in [3.63, 3.8) is 0 Å². The van der Waals surface area contributed by atoms with E-state index in [9.17, 15) is 4.79 Å². The van der Waals surface area contributed by atoms with Crippen molar-refractivity contribution in [3.8, 4) is 0 Å². The second-order valence-electron chi connectivity index (χ2n) is 4.54. The van der Waals surface area contributed by atoms with Gasteiger partial charge in [0.15, 0.2) is 0 Å². The van der Waals surface area contributed by atoms with Crippen LogP contribution in [-0.4, -0.2) is 5.91 Å². The van der Waals surface area contributed by atoms with Crippen molar-refractivity contribution in [2.75, 3.05) is 5.73 Å². The van der Waals surface area contributed by atoms with Crippen molar-refractivity contribution in [1.82, 2.24) is 5.32 Å². The summed E-state index contributed by atoms with van der Waals surface area (Å²) in [5, 5.41) is 2.95. The summed E-state index contributed by atoms with van der Waals surface area (Å²) < 4.78 is 5.19. The van der Waals surface area contributed by atoms with Crippen LogP contribution in [0.5, 0.6) is 0 Å². The first kappa shape index (κ1) is 13.2. The van der Waals surface area contributed by atoms with Gasteiger partial charge in [0, 0.05) is 18.5 Å². The number of nitrogen functional groups attached to an aromatic ring is 1. The van der Waals surface area contributed by atoms with Gasteiger partial charge in [-0.2, -0.15) is 0 Å². The number of rotatable bonds is 5. The van der Waals surface area contributed by atoms with Crippen LogP contribution in [0.2, 0.25) is 0 Å². The summed E-state index contributed by atoms with van der Waals surface area (Å²) in [5.41, 5.74) is 7.43. The molecule has 0 aliphatic rings. The molecular weight excluding hydrogens is 240 g/mol. The number of carbonyl (C=O) groups is 1. The van der Waals surface area contributed by atoms with E-state index >= 15 is 0 Å². The van der Waals surface area contributed by atoms with E-state index in [0.717, 1.165) is 11.3 Å². The molecule has 0 bridgehead atoms. The number of carbonyl (C=O) groups excluding carboxylic acids is 1. The summed E-state index contributed by atoms with van der Waals surface area (Å²) >= 11 is 0. The molecule has 0 saturated carbocycles. The Morgan fingerprint density at radius 1 is 1.37 bits per heavy atom. The third-order valence-corrected chi connectivity index (χ3v) is 2.97. The summed E-state index contributed by atoms with van der Waals surface area (Å²) in [6.45, 7) is 1.94. The predicted octanol–water partition coefficient (Wildman–Crippen LogP) is 2.67. The summed E-state index contributed by atoms with van der Waals surface area (Å²) in [5.74, 6) is 0.832. The molecule has 1 heterocycles. The minimum Gasteiger partial charge on any atom is -0.469 e. The number of anilines is 1. The fourth-order valence-electron chi connectivity index (χ4n) is 1.92. The van der Waals surface area contributed by atoms with Crippen molar-refractivity contribution < 1.29 is 9.21 Å². The van der Waals surface area contributed by atoms with Gasteiger partial charge in [-0.15, -0.1) is 0 Å². The van der Waals surface area contributed by atoms with Gasteiger partial charge in [0.05, 0.1) is 12.3 Å². The van der Waals surface area contributed by atoms with E-state index in [1.807, 2.05) is 43.3 Å². The Kier molecular flexibility index (Phi) is 4.23. The highest BCUT2D eigenvalue weighted by atomic mass is 16.3. The molecule has 0 radical (unpaired) electrons. The second-order valence-corrected chi connectivity index (χ2v) is 4.54. The van der Waals surface area contributed by atoms with Crippen molar-refractivity contribution >= 4 is 11.6 Å². The lowest BCUT2D eigenvalue weighted by Crippen LogP contribution is -2.26. The Labute approximate surface area is 112 Å². The third kappa shape index (κ3) is 3.88. The maximum absolute atomic E-state index is 11.8. The van der Waals surface area contributed by atoms with Gasteiger partial charge in [-0.1, -0.05) is 12.1 Å². The molecule has 4 nitrogen and oxygen atoms in total. The molecule has 4 heteroatoms. The molecule has 2 aromatic rings. The highest BCUT2D eigenvalue weighted by molar-refractivity contribution is 5.76. The number of hydrogen-bond donors (Lipinski definition) is 2. The Morgan fingerprint density at radius 3 is 2.89 bits per heavy atom. The predicted molar refractivity (Wildman–Crippen MR) is 74.4 cm³/mol. The number of hydrogen-bond acceptors (Lipinski definition) is 3. The molecule has 2 rings (SSSR count). The van der Waals surface area contributed by atoms with Crippen LogP contribution in [0.25, 0.3) is 0 Å². The molecule has 0 saturated heterocycles. The Hall–Kier alpha value is -2.23. The van der Waals surface area contributed by atoms with E-state index < -0.39 is 0 Å². The summed E-state index contributed by atoms with van der Waals surface area (Å²) in [6, 6.07) is 11.2. The van der Waals surface area contributed by atoms with E-state index in [4.69, 9.17) is 10.2 Å². The Morgan fingerprint density at radius 2 is 2.21 bits per heavy atom. The number of benzene rings is 1. The molecule has 3 N–H and O–H groups in total. The van der Waals surface area contributed by atoms with Gasteiger partial charge in [-0.3, -0.25) is 4.79 Å². The van der Waals surface area contributed by atoms with Crippen LogP contribution >= 0.6 is 0 Å². The minimum absolute atomic E-state index is 0.00586. The second kappa shape index (κ2) is 6.09. The van der Waals surface area contributed by atoms with Crippen molar-refractivity contribution in [3.05, 3.63) is 54.0 Å². The maximum Gasteiger partial charge on any atom is 0.220 e. The zero-order valence-corrected chi connectivity index (χ0v) is 10.9. The van der Waals surface area contributed by atoms with Crippen molar-refractivity contribution in [1.29, 1.82) is 0 Å². The number of nitrogens with one attached hydrogen (secondary N) is 1. The third-order valence-electron chi connectivity index (χ3n) is 2.97. The Balaban J connectivity index is 1.84. The lowest BCUT2D eigenvalue weighted by molar-refractivity contribution is -0.121. The molecule has 0 fully saturated rings. The molecular formula is C15H18N2O2. The van der Waals surface area contributed by atoms with Crippen LogP contribution in [0, 0.1) is 0 Å². The van der Waals surface area contributed by atoms with Crippen LogP contribution in [0.4, 0.5) is 5.69 Å². The zero-order chi connectivity index (χ0) is 13.7. The molecule has 1 amide bonds. The van der Waals surface area contributed by atoms with Crippen molar-refractivity contribution in [2.24, 2.45) is 0 Å². The number of amides is 1. The summed E-state index contributed by atoms with van der Waals surface area (Å²) in [4.78, 5) is 11.8. The molecule has 19 heavy (non-hydrogen) atoms. The fourth-order valence-corrected chi connectivity index (χ4v) is 1.92.